The first-order chi connectivity index (χ1) is 13.4. The summed E-state index contributed by atoms with van der Waals surface area (Å²) in [7, 11) is 0. The Morgan fingerprint density at radius 1 is 1.32 bits per heavy atom. The van der Waals surface area contributed by atoms with Gasteiger partial charge in [-0.25, -0.2) is 9.18 Å². The maximum atomic E-state index is 13.1. The lowest BCUT2D eigenvalue weighted by Gasteiger charge is -2.16. The molecule has 2 N–H and O–H groups in total. The number of carbonyl (C=O) groups excluding carboxylic acids is 3. The van der Waals surface area contributed by atoms with Crippen LogP contribution in [0, 0.1) is 5.82 Å². The van der Waals surface area contributed by atoms with Crippen molar-refractivity contribution < 1.29 is 27.9 Å². The molecule has 0 radical (unpaired) electrons. The number of ether oxygens (including phenoxy) is 1. The van der Waals surface area contributed by atoms with Crippen LogP contribution in [-0.2, 0) is 14.3 Å². The van der Waals surface area contributed by atoms with E-state index in [9.17, 15) is 18.8 Å². The highest BCUT2D eigenvalue weighted by Crippen LogP contribution is 2.19. The van der Waals surface area contributed by atoms with Crippen LogP contribution in [0.15, 0.2) is 41.0 Å². The van der Waals surface area contributed by atoms with Crippen LogP contribution in [0.1, 0.15) is 17.0 Å². The number of nitrogens with one attached hydrogen (secondary N) is 2. The molecule has 10 heteroatoms. The van der Waals surface area contributed by atoms with Crippen molar-refractivity contribution in [1.82, 2.24) is 5.32 Å². The average Bonchev–Trinajstić information content (AvgIpc) is 3.21. The summed E-state index contributed by atoms with van der Waals surface area (Å²) in [6, 6.07) is 5.75. The maximum Gasteiger partial charge on any atom is 0.329 e. The molecule has 7 nitrogen and oxygen atoms in total. The van der Waals surface area contributed by atoms with Crippen LogP contribution in [-0.4, -0.2) is 42.4 Å². The maximum absolute atomic E-state index is 13.1. The molecule has 0 aliphatic carbocycles. The van der Waals surface area contributed by atoms with Crippen LogP contribution in [0.5, 0.6) is 0 Å². The summed E-state index contributed by atoms with van der Waals surface area (Å²) in [4.78, 5) is 36.3. The Morgan fingerprint density at radius 2 is 2.11 bits per heavy atom. The Kier molecular flexibility index (Phi) is 8.34. The predicted octanol–water partition coefficient (Wildman–Crippen LogP) is 3.11. The molecular formula is C18H18ClFN2O5S. The third-order valence-electron chi connectivity index (χ3n) is 3.49. The van der Waals surface area contributed by atoms with Gasteiger partial charge >= 0.3 is 5.97 Å². The molecule has 0 saturated carbocycles. The number of anilines is 1. The van der Waals surface area contributed by atoms with Crippen LogP contribution in [0.2, 0.25) is 5.02 Å². The van der Waals surface area contributed by atoms with E-state index in [2.05, 4.69) is 10.6 Å². The van der Waals surface area contributed by atoms with Gasteiger partial charge in [0.25, 0.3) is 11.8 Å². The standard InChI is InChI=1S/C18H18ClFN2O5S/c1-28-8-6-14(22-17(24)15-3-2-7-26-15)18(25)27-10-16(23)21-11-4-5-13(20)12(19)9-11/h2-5,7,9,14H,6,8,10H2,1H3,(H,21,23)(H,22,24)/t14-/m1/s1. The fourth-order valence-electron chi connectivity index (χ4n) is 2.13. The minimum Gasteiger partial charge on any atom is -0.459 e. The van der Waals surface area contributed by atoms with Gasteiger partial charge in [-0.15, -0.1) is 0 Å². The molecule has 1 atom stereocenters. The van der Waals surface area contributed by atoms with Gasteiger partial charge in [0.1, 0.15) is 11.9 Å². The SMILES string of the molecule is CSCC[C@@H](NC(=O)c1ccco1)C(=O)OCC(=O)Nc1ccc(F)c(Cl)c1. The molecule has 2 aromatic rings. The van der Waals surface area contributed by atoms with E-state index in [1.165, 1.54) is 36.2 Å². The van der Waals surface area contributed by atoms with Gasteiger partial charge in [-0.3, -0.25) is 9.59 Å². The summed E-state index contributed by atoms with van der Waals surface area (Å²) < 4.78 is 23.1. The quantitative estimate of drug-likeness (QED) is 0.595. The van der Waals surface area contributed by atoms with Crippen molar-refractivity contribution in [2.24, 2.45) is 0 Å². The Hall–Kier alpha value is -2.52. The number of hydrogen-bond donors (Lipinski definition) is 2. The van der Waals surface area contributed by atoms with Crippen LogP contribution >= 0.6 is 23.4 Å². The number of esters is 1. The molecule has 0 aliphatic heterocycles. The Bertz CT molecular complexity index is 831. The second-order valence-corrected chi connectivity index (χ2v) is 6.96. The summed E-state index contributed by atoms with van der Waals surface area (Å²) in [5.74, 6) is -1.89. The topological polar surface area (TPSA) is 97.6 Å². The van der Waals surface area contributed by atoms with Gasteiger partial charge in [-0.1, -0.05) is 11.6 Å². The zero-order chi connectivity index (χ0) is 20.5. The monoisotopic (exact) mass is 428 g/mol. The van der Waals surface area contributed by atoms with E-state index in [4.69, 9.17) is 20.8 Å². The number of carbonyl (C=O) groups is 3. The number of halogens is 2. The Balaban J connectivity index is 1.89. The highest BCUT2D eigenvalue weighted by molar-refractivity contribution is 7.98. The molecule has 0 aliphatic rings. The predicted molar refractivity (Wildman–Crippen MR) is 104 cm³/mol. The number of thioether (sulfide) groups is 1. The first-order valence-electron chi connectivity index (χ1n) is 8.15. The molecule has 0 bridgehead atoms. The zero-order valence-electron chi connectivity index (χ0n) is 14.9. The number of benzene rings is 1. The van der Waals surface area contributed by atoms with Crippen LogP contribution in [0.4, 0.5) is 10.1 Å². The van der Waals surface area contributed by atoms with Crippen LogP contribution in [0.25, 0.3) is 0 Å². The Morgan fingerprint density at radius 3 is 2.75 bits per heavy atom. The zero-order valence-corrected chi connectivity index (χ0v) is 16.4. The average molecular weight is 429 g/mol. The van der Waals surface area contributed by atoms with Crippen molar-refractivity contribution in [3.8, 4) is 0 Å². The van der Waals surface area contributed by atoms with Crippen molar-refractivity contribution in [3.63, 3.8) is 0 Å². The minimum atomic E-state index is -0.932. The Labute approximate surface area is 169 Å². The van der Waals surface area contributed by atoms with Crippen LogP contribution < -0.4 is 10.6 Å². The molecule has 0 fully saturated rings. The molecule has 1 aromatic carbocycles. The molecule has 0 saturated heterocycles. The largest absolute Gasteiger partial charge is 0.459 e. The molecule has 1 aromatic heterocycles. The first kappa shape index (κ1) is 21.8. The fourth-order valence-corrected chi connectivity index (χ4v) is 2.78. The lowest BCUT2D eigenvalue weighted by atomic mass is 10.2. The van der Waals surface area contributed by atoms with E-state index < -0.39 is 36.2 Å². The van der Waals surface area contributed by atoms with Crippen molar-refractivity contribution in [2.45, 2.75) is 12.5 Å². The molecule has 150 valence electrons. The van der Waals surface area contributed by atoms with E-state index >= 15 is 0 Å². The first-order valence-corrected chi connectivity index (χ1v) is 9.92. The number of rotatable bonds is 9. The molecule has 2 rings (SSSR count). The van der Waals surface area contributed by atoms with E-state index in [1.54, 1.807) is 6.07 Å². The van der Waals surface area contributed by atoms with Gasteiger partial charge in [0, 0.05) is 5.69 Å². The summed E-state index contributed by atoms with van der Waals surface area (Å²) in [5.41, 5.74) is 0.262. The molecule has 0 unspecified atom stereocenters. The van der Waals surface area contributed by atoms with Crippen molar-refractivity contribution in [1.29, 1.82) is 0 Å². The number of furan rings is 1. The summed E-state index contributed by atoms with van der Waals surface area (Å²) in [5, 5.41) is 4.82. The van der Waals surface area contributed by atoms with E-state index in [0.717, 1.165) is 6.07 Å². The van der Waals surface area contributed by atoms with Gasteiger partial charge in [0.05, 0.1) is 11.3 Å². The third kappa shape index (κ3) is 6.58. The van der Waals surface area contributed by atoms with Gasteiger partial charge in [0.15, 0.2) is 12.4 Å². The molecule has 2 amide bonds. The lowest BCUT2D eigenvalue weighted by Crippen LogP contribution is -2.43. The van der Waals surface area contributed by atoms with Gasteiger partial charge in [0.2, 0.25) is 0 Å². The van der Waals surface area contributed by atoms with Gasteiger partial charge in [-0.2, -0.15) is 11.8 Å². The van der Waals surface area contributed by atoms with E-state index in [1.807, 2.05) is 6.26 Å². The van der Waals surface area contributed by atoms with Crippen molar-refractivity contribution >= 4 is 46.8 Å². The van der Waals surface area contributed by atoms with Crippen LogP contribution in [0.3, 0.4) is 0 Å². The third-order valence-corrected chi connectivity index (χ3v) is 4.43. The summed E-state index contributed by atoms with van der Waals surface area (Å²) >= 11 is 7.14. The molecule has 28 heavy (non-hydrogen) atoms. The van der Waals surface area contributed by atoms with E-state index in [-0.39, 0.29) is 16.5 Å². The van der Waals surface area contributed by atoms with Gasteiger partial charge < -0.3 is 19.8 Å². The number of amides is 2. The molecular weight excluding hydrogens is 411 g/mol. The second kappa shape index (κ2) is 10.7. The smallest absolute Gasteiger partial charge is 0.329 e. The normalized spacial score (nSPS) is 11.5. The van der Waals surface area contributed by atoms with E-state index in [0.29, 0.717) is 12.2 Å². The van der Waals surface area contributed by atoms with Crippen molar-refractivity contribution in [2.75, 3.05) is 23.9 Å². The molecule has 0 spiro atoms. The highest BCUT2D eigenvalue weighted by Gasteiger charge is 2.24. The van der Waals surface area contributed by atoms with Gasteiger partial charge in [-0.05, 0) is 48.8 Å². The summed E-state index contributed by atoms with van der Waals surface area (Å²) in [6.07, 6.45) is 3.52. The lowest BCUT2D eigenvalue weighted by molar-refractivity contribution is -0.149. The number of hydrogen-bond acceptors (Lipinski definition) is 6. The highest BCUT2D eigenvalue weighted by atomic mass is 35.5. The summed E-state index contributed by atoms with van der Waals surface area (Å²) in [6.45, 7) is -0.569. The molecule has 1 heterocycles. The second-order valence-electron chi connectivity index (χ2n) is 5.57. The fraction of sp³-hybridized carbons (Fsp3) is 0.278. The van der Waals surface area contributed by atoms with Crippen molar-refractivity contribution in [3.05, 3.63) is 53.2 Å². The minimum absolute atomic E-state index is 0.0629.